The second kappa shape index (κ2) is 8.18. The quantitative estimate of drug-likeness (QED) is 0.829. The van der Waals surface area contributed by atoms with Gasteiger partial charge in [-0.2, -0.15) is 13.2 Å². The number of nitrogens with one attached hydrogen (secondary N) is 2. The third-order valence-electron chi connectivity index (χ3n) is 3.54. The molecule has 2 heterocycles. The molecule has 2 rings (SSSR count). The minimum Gasteiger partial charge on any atom is -0.468 e. The van der Waals surface area contributed by atoms with Crippen LogP contribution in [0.5, 0.6) is 5.88 Å². The lowest BCUT2D eigenvalue weighted by Gasteiger charge is -2.20. The topological polar surface area (TPSA) is 72.5 Å². The molecule has 1 aromatic rings. The Bertz CT molecular complexity index is 548. The van der Waals surface area contributed by atoms with Crippen molar-refractivity contribution in [2.75, 3.05) is 13.2 Å². The molecule has 9 heteroatoms. The first-order chi connectivity index (χ1) is 11.3. The Morgan fingerprint density at radius 2 is 2.33 bits per heavy atom. The molecule has 1 fully saturated rings. The number of hydrogen-bond donors (Lipinski definition) is 2. The Morgan fingerprint density at radius 3 is 3.00 bits per heavy atom. The number of hydrogen-bond acceptors (Lipinski definition) is 4. The van der Waals surface area contributed by atoms with Gasteiger partial charge in [0, 0.05) is 24.9 Å². The van der Waals surface area contributed by atoms with E-state index in [1.54, 1.807) is 12.1 Å². The summed E-state index contributed by atoms with van der Waals surface area (Å²) in [6.07, 6.45) is -1.28. The lowest BCUT2D eigenvalue weighted by atomic mass is 10.1. The molecule has 1 aliphatic rings. The molecular formula is C15H20F3N3O3. The first-order valence-electron chi connectivity index (χ1n) is 7.64. The standard InChI is InChI=1S/C15H20F3N3O3/c1-10(12-5-3-7-23-12)21-14(22)20-8-11-4-2-6-19-13(11)24-9-15(16,17)18/h2,4,6,10,12H,3,5,7-9H2,1H3,(H2,20,21,22)/t10-,12+/m1/s1. The number of carbonyl (C=O) groups is 1. The number of pyridine rings is 1. The number of ether oxygens (including phenoxy) is 2. The average molecular weight is 347 g/mol. The summed E-state index contributed by atoms with van der Waals surface area (Å²) >= 11 is 0. The predicted octanol–water partition coefficient (Wildman–Crippen LogP) is 2.39. The predicted molar refractivity (Wildman–Crippen MR) is 79.6 cm³/mol. The molecule has 0 radical (unpaired) electrons. The fraction of sp³-hybridized carbons (Fsp3) is 0.600. The molecule has 0 aliphatic carbocycles. The van der Waals surface area contributed by atoms with Gasteiger partial charge in [-0.1, -0.05) is 6.07 Å². The van der Waals surface area contributed by atoms with Crippen LogP contribution in [-0.4, -0.2) is 42.6 Å². The molecule has 0 bridgehead atoms. The number of urea groups is 1. The van der Waals surface area contributed by atoms with Crippen LogP contribution >= 0.6 is 0 Å². The van der Waals surface area contributed by atoms with Crippen molar-refractivity contribution >= 4 is 6.03 Å². The molecule has 1 aliphatic heterocycles. The van der Waals surface area contributed by atoms with Gasteiger partial charge in [0.15, 0.2) is 6.61 Å². The largest absolute Gasteiger partial charge is 0.468 e. The van der Waals surface area contributed by atoms with Gasteiger partial charge in [-0.25, -0.2) is 9.78 Å². The van der Waals surface area contributed by atoms with Crippen molar-refractivity contribution in [2.24, 2.45) is 0 Å². The van der Waals surface area contributed by atoms with Crippen molar-refractivity contribution in [3.05, 3.63) is 23.9 Å². The summed E-state index contributed by atoms with van der Waals surface area (Å²) in [6.45, 7) is 1.11. The van der Waals surface area contributed by atoms with Crippen molar-refractivity contribution in [1.29, 1.82) is 0 Å². The van der Waals surface area contributed by atoms with Crippen molar-refractivity contribution in [2.45, 2.75) is 44.6 Å². The highest BCUT2D eigenvalue weighted by molar-refractivity contribution is 5.74. The third kappa shape index (κ3) is 5.88. The van der Waals surface area contributed by atoms with E-state index in [0.29, 0.717) is 12.2 Å². The summed E-state index contributed by atoms with van der Waals surface area (Å²) in [5.41, 5.74) is 0.363. The molecule has 6 nitrogen and oxygen atoms in total. The minimum atomic E-state index is -4.45. The van der Waals surface area contributed by atoms with Crippen LogP contribution in [0.25, 0.3) is 0 Å². The van der Waals surface area contributed by atoms with Crippen LogP contribution in [0.4, 0.5) is 18.0 Å². The average Bonchev–Trinajstić information content (AvgIpc) is 3.05. The van der Waals surface area contributed by atoms with E-state index in [2.05, 4.69) is 20.4 Å². The van der Waals surface area contributed by atoms with Crippen LogP contribution in [0.2, 0.25) is 0 Å². The van der Waals surface area contributed by atoms with E-state index in [9.17, 15) is 18.0 Å². The van der Waals surface area contributed by atoms with Gasteiger partial charge in [-0.3, -0.25) is 0 Å². The van der Waals surface area contributed by atoms with Crippen LogP contribution in [0.3, 0.4) is 0 Å². The number of amides is 2. The molecule has 134 valence electrons. The summed E-state index contributed by atoms with van der Waals surface area (Å²) in [6, 6.07) is 2.53. The molecule has 1 saturated heterocycles. The van der Waals surface area contributed by atoms with E-state index in [4.69, 9.17) is 4.74 Å². The number of alkyl halides is 3. The van der Waals surface area contributed by atoms with Gasteiger partial charge >= 0.3 is 12.2 Å². The van der Waals surface area contributed by atoms with Gasteiger partial charge in [0.1, 0.15) is 0 Å². The fourth-order valence-corrected chi connectivity index (χ4v) is 2.36. The van der Waals surface area contributed by atoms with Gasteiger partial charge in [0.2, 0.25) is 5.88 Å². The number of halogens is 3. The van der Waals surface area contributed by atoms with Gasteiger partial charge in [-0.05, 0) is 25.8 Å². The van der Waals surface area contributed by atoms with Gasteiger partial charge in [-0.15, -0.1) is 0 Å². The third-order valence-corrected chi connectivity index (χ3v) is 3.54. The second-order valence-electron chi connectivity index (χ2n) is 5.54. The summed E-state index contributed by atoms with van der Waals surface area (Å²) < 4.78 is 46.9. The van der Waals surface area contributed by atoms with E-state index >= 15 is 0 Å². The molecule has 2 atom stereocenters. The SMILES string of the molecule is C[C@@H](NC(=O)NCc1cccnc1OCC(F)(F)F)[C@@H]1CCCO1. The summed E-state index contributed by atoms with van der Waals surface area (Å²) in [7, 11) is 0. The smallest absolute Gasteiger partial charge is 0.422 e. The maximum atomic E-state index is 12.2. The van der Waals surface area contributed by atoms with Crippen LogP contribution in [0, 0.1) is 0 Å². The Labute approximate surface area is 137 Å². The molecule has 0 unspecified atom stereocenters. The summed E-state index contributed by atoms with van der Waals surface area (Å²) in [5.74, 6) is -0.151. The highest BCUT2D eigenvalue weighted by Gasteiger charge is 2.29. The van der Waals surface area contributed by atoms with E-state index in [-0.39, 0.29) is 24.6 Å². The summed E-state index contributed by atoms with van der Waals surface area (Å²) in [5, 5.41) is 5.34. The molecule has 2 N–H and O–H groups in total. The molecule has 24 heavy (non-hydrogen) atoms. The van der Waals surface area contributed by atoms with Crippen molar-refractivity contribution in [3.63, 3.8) is 0 Å². The van der Waals surface area contributed by atoms with Crippen LogP contribution in [-0.2, 0) is 11.3 Å². The molecule has 1 aromatic heterocycles. The maximum Gasteiger partial charge on any atom is 0.422 e. The van der Waals surface area contributed by atoms with E-state index in [1.165, 1.54) is 6.20 Å². The highest BCUT2D eigenvalue weighted by Crippen LogP contribution is 2.20. The van der Waals surface area contributed by atoms with Gasteiger partial charge in [0.25, 0.3) is 0 Å². The first-order valence-corrected chi connectivity index (χ1v) is 7.64. The second-order valence-corrected chi connectivity index (χ2v) is 5.54. The summed E-state index contributed by atoms with van der Waals surface area (Å²) in [4.78, 5) is 15.7. The van der Waals surface area contributed by atoms with Crippen LogP contribution < -0.4 is 15.4 Å². The van der Waals surface area contributed by atoms with Crippen molar-refractivity contribution < 1.29 is 27.4 Å². The normalized spacial score (nSPS) is 18.9. The Balaban J connectivity index is 1.83. The maximum absolute atomic E-state index is 12.2. The monoisotopic (exact) mass is 347 g/mol. The number of nitrogens with zero attached hydrogens (tertiary/aromatic N) is 1. The Hall–Kier alpha value is -2.03. The lowest BCUT2D eigenvalue weighted by Crippen LogP contribution is -2.45. The van der Waals surface area contributed by atoms with Crippen molar-refractivity contribution in [1.82, 2.24) is 15.6 Å². The van der Waals surface area contributed by atoms with E-state index in [1.807, 2.05) is 6.92 Å². The van der Waals surface area contributed by atoms with E-state index in [0.717, 1.165) is 12.8 Å². The van der Waals surface area contributed by atoms with Crippen LogP contribution in [0.1, 0.15) is 25.3 Å². The molecule has 2 amide bonds. The fourth-order valence-electron chi connectivity index (χ4n) is 2.36. The van der Waals surface area contributed by atoms with Crippen LogP contribution in [0.15, 0.2) is 18.3 Å². The highest BCUT2D eigenvalue weighted by atomic mass is 19.4. The first kappa shape index (κ1) is 18.3. The van der Waals surface area contributed by atoms with E-state index < -0.39 is 18.8 Å². The lowest BCUT2D eigenvalue weighted by molar-refractivity contribution is -0.154. The Kier molecular flexibility index (Phi) is 6.24. The zero-order chi connectivity index (χ0) is 17.6. The Morgan fingerprint density at radius 1 is 1.54 bits per heavy atom. The molecule has 0 saturated carbocycles. The molecular weight excluding hydrogens is 327 g/mol. The molecule has 0 spiro atoms. The molecule has 0 aromatic carbocycles. The van der Waals surface area contributed by atoms with Crippen molar-refractivity contribution in [3.8, 4) is 5.88 Å². The number of aromatic nitrogens is 1. The zero-order valence-corrected chi connectivity index (χ0v) is 13.2. The number of rotatable bonds is 6. The minimum absolute atomic E-state index is 0.00507. The van der Waals surface area contributed by atoms with Gasteiger partial charge < -0.3 is 20.1 Å². The van der Waals surface area contributed by atoms with Gasteiger partial charge in [0.05, 0.1) is 12.1 Å². The zero-order valence-electron chi connectivity index (χ0n) is 13.2. The number of carbonyl (C=O) groups excluding carboxylic acids is 1.